The molecule has 0 aromatic heterocycles. The molecular weight excluding hydrogens is 396 g/mol. The molecule has 0 aliphatic carbocycles. The van der Waals surface area contributed by atoms with Gasteiger partial charge >= 0.3 is 0 Å². The Bertz CT molecular complexity index is 560. The van der Waals surface area contributed by atoms with Crippen molar-refractivity contribution in [3.63, 3.8) is 0 Å². The number of aliphatic hydroxyl groups excluding tert-OH is 1. The van der Waals surface area contributed by atoms with Crippen molar-refractivity contribution in [2.24, 2.45) is 0 Å². The van der Waals surface area contributed by atoms with Crippen molar-refractivity contribution in [2.45, 2.75) is 6.04 Å². The first-order chi connectivity index (χ1) is 9.10. The normalized spacial score (nSPS) is 12.2. The quantitative estimate of drug-likeness (QED) is 0.717. The highest BCUT2D eigenvalue weighted by Crippen LogP contribution is 2.26. The second-order valence-electron chi connectivity index (χ2n) is 4.06. The molecular formula is C14H12Cl2INO. The molecule has 2 rings (SSSR count). The topological polar surface area (TPSA) is 32.3 Å². The number of nitrogens with one attached hydrogen (secondary N) is 1. The molecule has 2 nitrogen and oxygen atoms in total. The van der Waals surface area contributed by atoms with E-state index in [4.69, 9.17) is 23.2 Å². The Kier molecular flexibility index (Phi) is 5.33. The SMILES string of the molecule is OCC(Nc1ccc(Cl)cc1I)c1ccc(Cl)cc1. The van der Waals surface area contributed by atoms with E-state index in [1.165, 1.54) is 0 Å². The first-order valence-electron chi connectivity index (χ1n) is 5.68. The summed E-state index contributed by atoms with van der Waals surface area (Å²) in [7, 11) is 0. The molecule has 0 bridgehead atoms. The largest absolute Gasteiger partial charge is 0.394 e. The third-order valence-corrected chi connectivity index (χ3v) is 4.10. The molecule has 2 aromatic carbocycles. The first kappa shape index (κ1) is 14.9. The molecule has 0 saturated heterocycles. The molecule has 2 aromatic rings. The van der Waals surface area contributed by atoms with E-state index in [9.17, 15) is 5.11 Å². The molecule has 1 atom stereocenters. The van der Waals surface area contributed by atoms with Gasteiger partial charge in [-0.15, -0.1) is 0 Å². The standard InChI is InChI=1S/C14H12Cl2INO/c15-10-3-1-9(2-4-10)14(8-19)18-13-6-5-11(16)7-12(13)17/h1-7,14,18-19H,8H2. The Morgan fingerprint density at radius 1 is 1.05 bits per heavy atom. The van der Waals surface area contributed by atoms with E-state index in [2.05, 4.69) is 27.9 Å². The summed E-state index contributed by atoms with van der Waals surface area (Å²) in [6.07, 6.45) is 0. The van der Waals surface area contributed by atoms with Crippen molar-refractivity contribution in [2.75, 3.05) is 11.9 Å². The van der Waals surface area contributed by atoms with Gasteiger partial charge < -0.3 is 10.4 Å². The molecule has 0 saturated carbocycles. The summed E-state index contributed by atoms with van der Waals surface area (Å²) >= 11 is 14.0. The van der Waals surface area contributed by atoms with Crippen LogP contribution >= 0.6 is 45.8 Å². The number of anilines is 1. The zero-order chi connectivity index (χ0) is 13.8. The van der Waals surface area contributed by atoms with Crippen LogP contribution in [0.4, 0.5) is 5.69 Å². The molecule has 0 aliphatic rings. The van der Waals surface area contributed by atoms with Crippen molar-refractivity contribution in [1.82, 2.24) is 0 Å². The van der Waals surface area contributed by atoms with Crippen molar-refractivity contribution in [3.05, 3.63) is 61.6 Å². The zero-order valence-corrected chi connectivity index (χ0v) is 13.6. The van der Waals surface area contributed by atoms with Gasteiger partial charge in [-0.1, -0.05) is 35.3 Å². The molecule has 5 heteroatoms. The summed E-state index contributed by atoms with van der Waals surface area (Å²) < 4.78 is 1.01. The van der Waals surface area contributed by atoms with Gasteiger partial charge in [-0.3, -0.25) is 0 Å². The van der Waals surface area contributed by atoms with Gasteiger partial charge in [0.15, 0.2) is 0 Å². The molecule has 0 radical (unpaired) electrons. The number of hydrogen-bond donors (Lipinski definition) is 2. The van der Waals surface area contributed by atoms with E-state index >= 15 is 0 Å². The molecule has 1 unspecified atom stereocenters. The molecule has 0 heterocycles. The van der Waals surface area contributed by atoms with Crippen LogP contribution in [0.3, 0.4) is 0 Å². The fourth-order valence-corrected chi connectivity index (χ4v) is 2.88. The molecule has 19 heavy (non-hydrogen) atoms. The second-order valence-corrected chi connectivity index (χ2v) is 6.09. The van der Waals surface area contributed by atoms with Crippen LogP contribution in [0.2, 0.25) is 10.0 Å². The predicted molar refractivity (Wildman–Crippen MR) is 89.1 cm³/mol. The van der Waals surface area contributed by atoms with E-state index in [1.807, 2.05) is 42.5 Å². The fraction of sp³-hybridized carbons (Fsp3) is 0.143. The van der Waals surface area contributed by atoms with Crippen LogP contribution in [0.25, 0.3) is 0 Å². The Morgan fingerprint density at radius 2 is 1.68 bits per heavy atom. The molecule has 2 N–H and O–H groups in total. The highest BCUT2D eigenvalue weighted by molar-refractivity contribution is 14.1. The Labute approximate surface area is 135 Å². The van der Waals surface area contributed by atoms with Gasteiger partial charge in [0, 0.05) is 19.3 Å². The maximum atomic E-state index is 9.53. The summed E-state index contributed by atoms with van der Waals surface area (Å²) in [6, 6.07) is 12.9. The van der Waals surface area contributed by atoms with E-state index in [1.54, 1.807) is 0 Å². The highest BCUT2D eigenvalue weighted by atomic mass is 127. The molecule has 0 fully saturated rings. The van der Waals surface area contributed by atoms with Crippen LogP contribution in [-0.2, 0) is 0 Å². The molecule has 0 amide bonds. The van der Waals surface area contributed by atoms with Crippen molar-refractivity contribution in [3.8, 4) is 0 Å². The number of aliphatic hydroxyl groups is 1. The minimum Gasteiger partial charge on any atom is -0.394 e. The Balaban J connectivity index is 2.21. The number of benzene rings is 2. The van der Waals surface area contributed by atoms with Gasteiger partial charge in [0.1, 0.15) is 0 Å². The lowest BCUT2D eigenvalue weighted by Crippen LogP contribution is -2.15. The average molecular weight is 408 g/mol. The van der Waals surface area contributed by atoms with Crippen LogP contribution in [0.5, 0.6) is 0 Å². The number of hydrogen-bond acceptors (Lipinski definition) is 2. The van der Waals surface area contributed by atoms with Crippen molar-refractivity contribution >= 4 is 51.5 Å². The lowest BCUT2D eigenvalue weighted by molar-refractivity contribution is 0.276. The van der Waals surface area contributed by atoms with Crippen LogP contribution in [-0.4, -0.2) is 11.7 Å². The van der Waals surface area contributed by atoms with Gasteiger partial charge in [-0.25, -0.2) is 0 Å². The van der Waals surface area contributed by atoms with Crippen LogP contribution in [0.15, 0.2) is 42.5 Å². The third-order valence-electron chi connectivity index (χ3n) is 2.72. The van der Waals surface area contributed by atoms with E-state index in [0.717, 1.165) is 14.8 Å². The maximum Gasteiger partial charge on any atom is 0.0745 e. The number of halogens is 3. The molecule has 0 spiro atoms. The third kappa shape index (κ3) is 3.99. The van der Waals surface area contributed by atoms with Gasteiger partial charge in [0.25, 0.3) is 0 Å². The summed E-state index contributed by atoms with van der Waals surface area (Å²) in [5, 5.41) is 14.2. The summed E-state index contributed by atoms with van der Waals surface area (Å²) in [5.74, 6) is 0. The van der Waals surface area contributed by atoms with Gasteiger partial charge in [-0.05, 0) is 58.5 Å². The summed E-state index contributed by atoms with van der Waals surface area (Å²) in [5.41, 5.74) is 1.93. The zero-order valence-electron chi connectivity index (χ0n) is 9.91. The monoisotopic (exact) mass is 407 g/mol. The lowest BCUT2D eigenvalue weighted by Gasteiger charge is -2.19. The predicted octanol–water partition coefficient (Wildman–Crippen LogP) is 4.74. The maximum absolute atomic E-state index is 9.53. The van der Waals surface area contributed by atoms with E-state index in [-0.39, 0.29) is 12.6 Å². The summed E-state index contributed by atoms with van der Waals surface area (Å²) in [6.45, 7) is 0.000336. The van der Waals surface area contributed by atoms with Crippen molar-refractivity contribution in [1.29, 1.82) is 0 Å². The molecule has 100 valence electrons. The van der Waals surface area contributed by atoms with Crippen LogP contribution in [0.1, 0.15) is 11.6 Å². The minimum atomic E-state index is -0.174. The average Bonchev–Trinajstić information content (AvgIpc) is 2.39. The second kappa shape index (κ2) is 6.79. The number of rotatable bonds is 4. The van der Waals surface area contributed by atoms with E-state index < -0.39 is 0 Å². The first-order valence-corrected chi connectivity index (χ1v) is 7.51. The van der Waals surface area contributed by atoms with Gasteiger partial charge in [-0.2, -0.15) is 0 Å². The minimum absolute atomic E-state index is 0.000336. The highest BCUT2D eigenvalue weighted by Gasteiger charge is 2.11. The fourth-order valence-electron chi connectivity index (χ4n) is 1.72. The van der Waals surface area contributed by atoms with Crippen molar-refractivity contribution < 1.29 is 5.11 Å². The van der Waals surface area contributed by atoms with Crippen LogP contribution in [0, 0.1) is 3.57 Å². The van der Waals surface area contributed by atoms with Gasteiger partial charge in [0.2, 0.25) is 0 Å². The van der Waals surface area contributed by atoms with Crippen LogP contribution < -0.4 is 5.32 Å². The molecule has 0 aliphatic heterocycles. The smallest absolute Gasteiger partial charge is 0.0745 e. The Hall–Kier alpha value is -0.490. The van der Waals surface area contributed by atoms with E-state index in [0.29, 0.717) is 10.0 Å². The van der Waals surface area contributed by atoms with Gasteiger partial charge in [0.05, 0.1) is 12.6 Å². The Morgan fingerprint density at radius 3 is 2.26 bits per heavy atom. The summed E-state index contributed by atoms with van der Waals surface area (Å²) in [4.78, 5) is 0. The lowest BCUT2D eigenvalue weighted by atomic mass is 10.1.